The molecular weight excluding hydrogens is 200 g/mol. The standard InChI is InChI=1S/C8H8F4N2/c9-4-1-2-5(13)8(7(4)12)14-3-6(10)11/h1-2,6,14H,3,13H2. The minimum Gasteiger partial charge on any atom is -0.397 e. The van der Waals surface area contributed by atoms with Gasteiger partial charge in [-0.15, -0.1) is 0 Å². The third kappa shape index (κ3) is 2.27. The van der Waals surface area contributed by atoms with E-state index in [0.29, 0.717) is 0 Å². The molecule has 0 aliphatic carbocycles. The van der Waals surface area contributed by atoms with Crippen LogP contribution in [0.5, 0.6) is 0 Å². The van der Waals surface area contributed by atoms with E-state index in [-0.39, 0.29) is 5.69 Å². The molecule has 14 heavy (non-hydrogen) atoms. The second kappa shape index (κ2) is 4.17. The first-order valence-corrected chi connectivity index (χ1v) is 3.78. The average Bonchev–Trinajstić information content (AvgIpc) is 2.11. The lowest BCUT2D eigenvalue weighted by Crippen LogP contribution is -2.13. The summed E-state index contributed by atoms with van der Waals surface area (Å²) in [5.41, 5.74) is 4.73. The van der Waals surface area contributed by atoms with E-state index in [1.807, 2.05) is 5.32 Å². The number of rotatable bonds is 3. The summed E-state index contributed by atoms with van der Waals surface area (Å²) in [5.74, 6) is -2.37. The fourth-order valence-corrected chi connectivity index (χ4v) is 0.924. The van der Waals surface area contributed by atoms with Crippen molar-refractivity contribution < 1.29 is 17.6 Å². The summed E-state index contributed by atoms with van der Waals surface area (Å²) in [4.78, 5) is 0. The number of nitrogen functional groups attached to an aromatic ring is 1. The predicted octanol–water partition coefficient (Wildman–Crippen LogP) is 2.22. The molecule has 0 fully saturated rings. The second-order valence-electron chi connectivity index (χ2n) is 2.60. The summed E-state index contributed by atoms with van der Waals surface area (Å²) in [6, 6.07) is 1.93. The Balaban J connectivity index is 2.89. The van der Waals surface area contributed by atoms with Crippen LogP contribution in [0.4, 0.5) is 28.9 Å². The molecule has 0 bridgehead atoms. The van der Waals surface area contributed by atoms with Crippen LogP contribution in [0.15, 0.2) is 12.1 Å². The van der Waals surface area contributed by atoms with E-state index in [4.69, 9.17) is 5.73 Å². The predicted molar refractivity (Wildman–Crippen MR) is 45.3 cm³/mol. The number of anilines is 2. The van der Waals surface area contributed by atoms with E-state index < -0.39 is 30.3 Å². The molecule has 0 heterocycles. The molecule has 0 aliphatic rings. The Kier molecular flexibility index (Phi) is 3.16. The van der Waals surface area contributed by atoms with Gasteiger partial charge < -0.3 is 11.1 Å². The summed E-state index contributed by atoms with van der Waals surface area (Å²) >= 11 is 0. The number of nitrogens with two attached hydrogens (primary N) is 1. The van der Waals surface area contributed by atoms with E-state index in [0.717, 1.165) is 12.1 Å². The van der Waals surface area contributed by atoms with Gasteiger partial charge in [0.2, 0.25) is 0 Å². The third-order valence-corrected chi connectivity index (χ3v) is 1.56. The van der Waals surface area contributed by atoms with E-state index >= 15 is 0 Å². The number of hydrogen-bond acceptors (Lipinski definition) is 2. The Bertz CT molecular complexity index is 327. The van der Waals surface area contributed by atoms with Gasteiger partial charge in [0.15, 0.2) is 11.6 Å². The first-order valence-electron chi connectivity index (χ1n) is 3.78. The quantitative estimate of drug-likeness (QED) is 0.590. The van der Waals surface area contributed by atoms with Crippen molar-refractivity contribution in [1.82, 2.24) is 0 Å². The van der Waals surface area contributed by atoms with Crippen molar-refractivity contribution in [2.45, 2.75) is 6.43 Å². The van der Waals surface area contributed by atoms with E-state index in [9.17, 15) is 17.6 Å². The Labute approximate surface area is 77.7 Å². The van der Waals surface area contributed by atoms with Crippen LogP contribution in [-0.4, -0.2) is 13.0 Å². The monoisotopic (exact) mass is 208 g/mol. The van der Waals surface area contributed by atoms with Gasteiger partial charge in [0, 0.05) is 0 Å². The smallest absolute Gasteiger partial charge is 0.255 e. The van der Waals surface area contributed by atoms with Gasteiger partial charge in [-0.05, 0) is 12.1 Å². The highest BCUT2D eigenvalue weighted by molar-refractivity contribution is 5.66. The minimum absolute atomic E-state index is 0.107. The maximum absolute atomic E-state index is 13.0. The van der Waals surface area contributed by atoms with Crippen LogP contribution in [-0.2, 0) is 0 Å². The molecule has 2 nitrogen and oxygen atoms in total. The fourth-order valence-electron chi connectivity index (χ4n) is 0.924. The molecular formula is C8H8F4N2. The topological polar surface area (TPSA) is 38.0 Å². The first kappa shape index (κ1) is 10.6. The summed E-state index contributed by atoms with van der Waals surface area (Å²) in [7, 11) is 0. The van der Waals surface area contributed by atoms with Crippen LogP contribution in [0.2, 0.25) is 0 Å². The molecule has 3 N–H and O–H groups in total. The van der Waals surface area contributed by atoms with Gasteiger partial charge in [0.25, 0.3) is 6.43 Å². The average molecular weight is 208 g/mol. The third-order valence-electron chi connectivity index (χ3n) is 1.56. The molecule has 0 aromatic heterocycles. The normalized spacial score (nSPS) is 10.6. The van der Waals surface area contributed by atoms with Crippen LogP contribution in [0.1, 0.15) is 0 Å². The second-order valence-corrected chi connectivity index (χ2v) is 2.60. The molecule has 1 rings (SSSR count). The summed E-state index contributed by atoms with van der Waals surface area (Å²) in [6.45, 7) is -0.773. The first-order chi connectivity index (χ1) is 6.52. The van der Waals surface area contributed by atoms with Gasteiger partial charge in [-0.25, -0.2) is 17.6 Å². The van der Waals surface area contributed by atoms with Crippen molar-refractivity contribution in [3.05, 3.63) is 23.8 Å². The minimum atomic E-state index is -2.66. The molecule has 0 saturated heterocycles. The zero-order valence-electron chi connectivity index (χ0n) is 7.03. The molecule has 0 saturated carbocycles. The van der Waals surface area contributed by atoms with Crippen molar-refractivity contribution in [2.24, 2.45) is 0 Å². The van der Waals surface area contributed by atoms with Crippen molar-refractivity contribution in [2.75, 3.05) is 17.6 Å². The zero-order valence-corrected chi connectivity index (χ0v) is 7.03. The van der Waals surface area contributed by atoms with E-state index in [1.54, 1.807) is 0 Å². The Morgan fingerprint density at radius 3 is 2.50 bits per heavy atom. The van der Waals surface area contributed by atoms with Gasteiger partial charge in [-0.2, -0.15) is 0 Å². The van der Waals surface area contributed by atoms with Crippen LogP contribution in [0.25, 0.3) is 0 Å². The molecule has 0 spiro atoms. The van der Waals surface area contributed by atoms with E-state index in [2.05, 4.69) is 0 Å². The maximum atomic E-state index is 13.0. The highest BCUT2D eigenvalue weighted by Crippen LogP contribution is 2.24. The van der Waals surface area contributed by atoms with Crippen molar-refractivity contribution >= 4 is 11.4 Å². The number of hydrogen-bond donors (Lipinski definition) is 2. The molecule has 0 aliphatic heterocycles. The van der Waals surface area contributed by atoms with Gasteiger partial charge in [0.1, 0.15) is 0 Å². The van der Waals surface area contributed by atoms with Gasteiger partial charge >= 0.3 is 0 Å². The summed E-state index contributed by atoms with van der Waals surface area (Å²) < 4.78 is 49.1. The lowest BCUT2D eigenvalue weighted by Gasteiger charge is -2.09. The molecule has 78 valence electrons. The lowest BCUT2D eigenvalue weighted by atomic mass is 10.2. The van der Waals surface area contributed by atoms with Crippen LogP contribution < -0.4 is 11.1 Å². The SMILES string of the molecule is Nc1ccc(F)c(F)c1NCC(F)F. The number of benzene rings is 1. The van der Waals surface area contributed by atoms with Crippen molar-refractivity contribution in [1.29, 1.82) is 0 Å². The molecule has 0 unspecified atom stereocenters. The zero-order chi connectivity index (χ0) is 10.7. The number of alkyl halides is 2. The Morgan fingerprint density at radius 2 is 1.93 bits per heavy atom. The highest BCUT2D eigenvalue weighted by atomic mass is 19.3. The molecule has 6 heteroatoms. The van der Waals surface area contributed by atoms with Crippen LogP contribution in [0.3, 0.4) is 0 Å². The van der Waals surface area contributed by atoms with Crippen LogP contribution >= 0.6 is 0 Å². The molecule has 0 amide bonds. The molecule has 1 aromatic carbocycles. The number of nitrogens with one attached hydrogen (secondary N) is 1. The highest BCUT2D eigenvalue weighted by Gasteiger charge is 2.12. The largest absolute Gasteiger partial charge is 0.397 e. The number of halogens is 4. The lowest BCUT2D eigenvalue weighted by molar-refractivity contribution is 0.163. The summed E-state index contributed by atoms with van der Waals surface area (Å²) in [6.07, 6.45) is -2.66. The van der Waals surface area contributed by atoms with Gasteiger partial charge in [-0.3, -0.25) is 0 Å². The van der Waals surface area contributed by atoms with Crippen molar-refractivity contribution in [3.63, 3.8) is 0 Å². The van der Waals surface area contributed by atoms with Crippen LogP contribution in [0, 0.1) is 11.6 Å². The molecule has 0 radical (unpaired) electrons. The fraction of sp³-hybridized carbons (Fsp3) is 0.250. The Morgan fingerprint density at radius 1 is 1.29 bits per heavy atom. The molecule has 0 atom stereocenters. The van der Waals surface area contributed by atoms with Crippen molar-refractivity contribution in [3.8, 4) is 0 Å². The van der Waals surface area contributed by atoms with E-state index in [1.165, 1.54) is 0 Å². The maximum Gasteiger partial charge on any atom is 0.255 e. The Hall–Kier alpha value is -1.46. The van der Waals surface area contributed by atoms with Gasteiger partial charge in [-0.1, -0.05) is 0 Å². The van der Waals surface area contributed by atoms with Gasteiger partial charge in [0.05, 0.1) is 17.9 Å². The summed E-state index contributed by atoms with van der Waals surface area (Å²) in [5, 5.41) is 2.03. The molecule has 1 aromatic rings.